The van der Waals surface area contributed by atoms with E-state index in [1.807, 2.05) is 48.5 Å². The van der Waals surface area contributed by atoms with Gasteiger partial charge in [-0.2, -0.15) is 0 Å². The molecule has 0 atom stereocenters. The standard InChI is InChI=1S/C21H26ClNOS/c1-2-3-4-5-6-7-16-24-20-14-8-17(9-15-20)21(25)23-19-12-10-18(22)11-13-19/h8-15H,2-7,16H2,1H3,(H,23,25). The lowest BCUT2D eigenvalue weighted by molar-refractivity contribution is 0.304. The third-order valence-electron chi connectivity index (χ3n) is 3.99. The van der Waals surface area contributed by atoms with Crippen molar-refractivity contribution in [1.82, 2.24) is 0 Å². The molecule has 0 aromatic heterocycles. The number of rotatable bonds is 10. The van der Waals surface area contributed by atoms with E-state index >= 15 is 0 Å². The monoisotopic (exact) mass is 375 g/mol. The van der Waals surface area contributed by atoms with Gasteiger partial charge in [-0.05, 0) is 55.0 Å². The van der Waals surface area contributed by atoms with E-state index in [9.17, 15) is 0 Å². The third-order valence-corrected chi connectivity index (χ3v) is 4.57. The second kappa shape index (κ2) is 11.1. The van der Waals surface area contributed by atoms with Crippen molar-refractivity contribution in [2.45, 2.75) is 45.4 Å². The Kier molecular flexibility index (Phi) is 8.78. The SMILES string of the molecule is CCCCCCCCOc1ccc(C(=S)Nc2ccc(Cl)cc2)cc1. The van der Waals surface area contributed by atoms with Crippen LogP contribution in [-0.4, -0.2) is 11.6 Å². The van der Waals surface area contributed by atoms with Gasteiger partial charge in [0.2, 0.25) is 0 Å². The molecule has 2 nitrogen and oxygen atoms in total. The number of hydrogen-bond donors (Lipinski definition) is 1. The van der Waals surface area contributed by atoms with Gasteiger partial charge in [0.25, 0.3) is 0 Å². The molecular formula is C21H26ClNOS. The summed E-state index contributed by atoms with van der Waals surface area (Å²) in [5.74, 6) is 0.895. The van der Waals surface area contributed by atoms with Crippen molar-refractivity contribution >= 4 is 34.5 Å². The lowest BCUT2D eigenvalue weighted by Gasteiger charge is -2.10. The fraction of sp³-hybridized carbons (Fsp3) is 0.381. The molecule has 0 fully saturated rings. The largest absolute Gasteiger partial charge is 0.494 e. The van der Waals surface area contributed by atoms with E-state index in [0.717, 1.165) is 30.0 Å². The molecule has 134 valence electrons. The van der Waals surface area contributed by atoms with Crippen LogP contribution in [0.25, 0.3) is 0 Å². The van der Waals surface area contributed by atoms with Crippen LogP contribution in [0.5, 0.6) is 5.75 Å². The van der Waals surface area contributed by atoms with Crippen LogP contribution in [-0.2, 0) is 0 Å². The van der Waals surface area contributed by atoms with Crippen LogP contribution in [0.4, 0.5) is 5.69 Å². The van der Waals surface area contributed by atoms with Gasteiger partial charge in [0.05, 0.1) is 6.61 Å². The molecule has 4 heteroatoms. The number of benzene rings is 2. The van der Waals surface area contributed by atoms with E-state index < -0.39 is 0 Å². The van der Waals surface area contributed by atoms with E-state index in [1.165, 1.54) is 32.1 Å². The highest BCUT2D eigenvalue weighted by molar-refractivity contribution is 7.81. The van der Waals surface area contributed by atoms with Gasteiger partial charge in [0, 0.05) is 16.3 Å². The molecule has 2 aromatic rings. The van der Waals surface area contributed by atoms with Gasteiger partial charge >= 0.3 is 0 Å². The van der Waals surface area contributed by atoms with Gasteiger partial charge in [-0.1, -0.05) is 62.8 Å². The Morgan fingerprint density at radius 3 is 2.24 bits per heavy atom. The van der Waals surface area contributed by atoms with Crippen LogP contribution in [0.3, 0.4) is 0 Å². The summed E-state index contributed by atoms with van der Waals surface area (Å²) < 4.78 is 5.80. The Bertz CT molecular complexity index is 640. The number of halogens is 1. The smallest absolute Gasteiger partial charge is 0.119 e. The molecule has 0 saturated carbocycles. The summed E-state index contributed by atoms with van der Waals surface area (Å²) in [6.45, 7) is 3.02. The van der Waals surface area contributed by atoms with E-state index in [2.05, 4.69) is 12.2 Å². The molecule has 0 amide bonds. The average molecular weight is 376 g/mol. The number of hydrogen-bond acceptors (Lipinski definition) is 2. The van der Waals surface area contributed by atoms with Gasteiger partial charge in [-0.15, -0.1) is 0 Å². The average Bonchev–Trinajstić information content (AvgIpc) is 2.63. The predicted octanol–water partition coefficient (Wildman–Crippen LogP) is 6.87. The van der Waals surface area contributed by atoms with Gasteiger partial charge in [0.15, 0.2) is 0 Å². The second-order valence-electron chi connectivity index (χ2n) is 6.10. The Balaban J connectivity index is 1.73. The minimum atomic E-state index is 0.685. The molecule has 0 bridgehead atoms. The van der Waals surface area contributed by atoms with Gasteiger partial charge in [0.1, 0.15) is 10.7 Å². The molecule has 0 radical (unpaired) electrons. The number of nitrogens with one attached hydrogen (secondary N) is 1. The summed E-state index contributed by atoms with van der Waals surface area (Å²) in [6.07, 6.45) is 7.63. The summed E-state index contributed by atoms with van der Waals surface area (Å²) in [6, 6.07) is 15.4. The Labute approximate surface area is 161 Å². The predicted molar refractivity (Wildman–Crippen MR) is 112 cm³/mol. The molecule has 0 spiro atoms. The van der Waals surface area contributed by atoms with Gasteiger partial charge in [-0.3, -0.25) is 0 Å². The van der Waals surface area contributed by atoms with Gasteiger partial charge < -0.3 is 10.1 Å². The molecule has 2 rings (SSSR count). The first-order chi connectivity index (χ1) is 12.2. The molecule has 0 aliphatic heterocycles. The van der Waals surface area contributed by atoms with Crippen molar-refractivity contribution in [2.24, 2.45) is 0 Å². The maximum Gasteiger partial charge on any atom is 0.119 e. The van der Waals surface area contributed by atoms with Crippen LogP contribution in [0, 0.1) is 0 Å². The molecule has 0 unspecified atom stereocenters. The maximum absolute atomic E-state index is 5.89. The Morgan fingerprint density at radius 1 is 0.920 bits per heavy atom. The second-order valence-corrected chi connectivity index (χ2v) is 6.95. The number of thiocarbonyl (C=S) groups is 1. The lowest BCUT2D eigenvalue weighted by Crippen LogP contribution is -2.10. The normalized spacial score (nSPS) is 10.5. The highest BCUT2D eigenvalue weighted by Gasteiger charge is 2.03. The fourth-order valence-electron chi connectivity index (χ4n) is 2.51. The number of unbranched alkanes of at least 4 members (excludes halogenated alkanes) is 5. The summed E-state index contributed by atoms with van der Waals surface area (Å²) in [5, 5.41) is 3.92. The van der Waals surface area contributed by atoms with E-state index in [1.54, 1.807) is 0 Å². The number of anilines is 1. The molecular weight excluding hydrogens is 350 g/mol. The van der Waals surface area contributed by atoms with Crippen molar-refractivity contribution in [1.29, 1.82) is 0 Å². The summed E-state index contributed by atoms with van der Waals surface area (Å²) in [5.41, 5.74) is 1.90. The molecule has 0 aliphatic carbocycles. The maximum atomic E-state index is 5.89. The van der Waals surface area contributed by atoms with Crippen molar-refractivity contribution < 1.29 is 4.74 Å². The first-order valence-electron chi connectivity index (χ1n) is 8.99. The van der Waals surface area contributed by atoms with Crippen LogP contribution < -0.4 is 10.1 Å². The molecule has 1 N–H and O–H groups in total. The summed E-state index contributed by atoms with van der Waals surface area (Å²) in [4.78, 5) is 0.685. The quantitative estimate of drug-likeness (QED) is 0.361. The zero-order chi connectivity index (χ0) is 17.9. The van der Waals surface area contributed by atoms with E-state index in [0.29, 0.717) is 10.0 Å². The van der Waals surface area contributed by atoms with Crippen LogP contribution >= 0.6 is 23.8 Å². The van der Waals surface area contributed by atoms with Crippen molar-refractivity contribution in [2.75, 3.05) is 11.9 Å². The highest BCUT2D eigenvalue weighted by atomic mass is 35.5. The van der Waals surface area contributed by atoms with E-state index in [4.69, 9.17) is 28.6 Å². The molecule has 25 heavy (non-hydrogen) atoms. The minimum Gasteiger partial charge on any atom is -0.494 e. The van der Waals surface area contributed by atoms with Crippen molar-refractivity contribution in [3.63, 3.8) is 0 Å². The number of ether oxygens (including phenoxy) is 1. The molecule has 2 aromatic carbocycles. The topological polar surface area (TPSA) is 21.3 Å². The van der Waals surface area contributed by atoms with E-state index in [-0.39, 0.29) is 0 Å². The first kappa shape index (κ1) is 19.7. The van der Waals surface area contributed by atoms with Crippen molar-refractivity contribution in [3.8, 4) is 5.75 Å². The molecule has 0 saturated heterocycles. The zero-order valence-electron chi connectivity index (χ0n) is 14.8. The molecule has 0 heterocycles. The van der Waals surface area contributed by atoms with Crippen LogP contribution in [0.2, 0.25) is 5.02 Å². The Hall–Kier alpha value is -1.58. The Morgan fingerprint density at radius 2 is 1.56 bits per heavy atom. The summed E-state index contributed by atoms with van der Waals surface area (Å²) >= 11 is 11.3. The molecule has 0 aliphatic rings. The lowest BCUT2D eigenvalue weighted by atomic mass is 10.1. The van der Waals surface area contributed by atoms with Crippen LogP contribution in [0.1, 0.15) is 51.0 Å². The fourth-order valence-corrected chi connectivity index (χ4v) is 2.89. The third kappa shape index (κ3) is 7.45. The minimum absolute atomic E-state index is 0.685. The summed E-state index contributed by atoms with van der Waals surface area (Å²) in [7, 11) is 0. The van der Waals surface area contributed by atoms with Crippen molar-refractivity contribution in [3.05, 3.63) is 59.1 Å². The highest BCUT2D eigenvalue weighted by Crippen LogP contribution is 2.17. The first-order valence-corrected chi connectivity index (χ1v) is 9.77. The van der Waals surface area contributed by atoms with Crippen LogP contribution in [0.15, 0.2) is 48.5 Å². The zero-order valence-corrected chi connectivity index (χ0v) is 16.3. The van der Waals surface area contributed by atoms with Gasteiger partial charge in [-0.25, -0.2) is 0 Å².